The van der Waals surface area contributed by atoms with Gasteiger partial charge in [0.15, 0.2) is 0 Å². The van der Waals surface area contributed by atoms with Gasteiger partial charge in [-0.25, -0.2) is 0 Å². The van der Waals surface area contributed by atoms with E-state index in [1.165, 1.54) is 11.1 Å². The Morgan fingerprint density at radius 3 is 2.56 bits per heavy atom. The lowest BCUT2D eigenvalue weighted by Gasteiger charge is -2.33. The fraction of sp³-hybridized carbons (Fsp3) is 0.600. The van der Waals surface area contributed by atoms with E-state index in [1.54, 1.807) is 0 Å². The summed E-state index contributed by atoms with van der Waals surface area (Å²) in [6.07, 6.45) is 0.822. The molecule has 1 aliphatic rings. The van der Waals surface area contributed by atoms with E-state index in [1.807, 2.05) is 13.8 Å². The minimum atomic E-state index is -0.574. The third-order valence-electron chi connectivity index (χ3n) is 3.88. The Morgan fingerprint density at radius 1 is 1.39 bits per heavy atom. The third-order valence-corrected chi connectivity index (χ3v) is 3.88. The van der Waals surface area contributed by atoms with Gasteiger partial charge in [0.05, 0.1) is 5.60 Å². The van der Waals surface area contributed by atoms with Crippen molar-refractivity contribution in [2.45, 2.75) is 44.9 Å². The molecule has 1 aromatic carbocycles. The molecular weight excluding hydrogens is 224 g/mol. The van der Waals surface area contributed by atoms with Gasteiger partial charge in [-0.1, -0.05) is 24.3 Å². The van der Waals surface area contributed by atoms with Crippen molar-refractivity contribution in [1.29, 1.82) is 0 Å². The van der Waals surface area contributed by atoms with E-state index in [9.17, 15) is 5.11 Å². The lowest BCUT2D eigenvalue weighted by Crippen LogP contribution is -2.40. The first kappa shape index (κ1) is 13.5. The highest BCUT2D eigenvalue weighted by Gasteiger charge is 2.37. The summed E-state index contributed by atoms with van der Waals surface area (Å²) in [6.45, 7) is 7.69. The Balaban J connectivity index is 2.28. The average Bonchev–Trinajstić information content (AvgIpc) is 2.61. The molecule has 3 atom stereocenters. The quantitative estimate of drug-likeness (QED) is 0.858. The molecule has 3 N–H and O–H groups in total. The van der Waals surface area contributed by atoms with Crippen LogP contribution in [0.3, 0.4) is 0 Å². The molecule has 1 saturated heterocycles. The molecule has 1 fully saturated rings. The number of aliphatic hydroxyl groups is 1. The SMILES string of the molecule is Cc1ccccc1C(C(C)N)N1CCC(C)(O)C1. The van der Waals surface area contributed by atoms with Gasteiger partial charge in [-0.3, -0.25) is 4.90 Å². The van der Waals surface area contributed by atoms with E-state index in [0.717, 1.165) is 13.0 Å². The van der Waals surface area contributed by atoms with Crippen LogP contribution in [-0.2, 0) is 0 Å². The van der Waals surface area contributed by atoms with Crippen LogP contribution in [-0.4, -0.2) is 34.7 Å². The van der Waals surface area contributed by atoms with Crippen molar-refractivity contribution in [2.75, 3.05) is 13.1 Å². The topological polar surface area (TPSA) is 49.5 Å². The van der Waals surface area contributed by atoms with Crippen LogP contribution in [0.4, 0.5) is 0 Å². The number of β-amino-alcohol motifs (C(OH)–C–C–N with tert-alkyl or cyclic N) is 1. The Morgan fingerprint density at radius 2 is 2.06 bits per heavy atom. The molecule has 0 amide bonds. The van der Waals surface area contributed by atoms with Crippen molar-refractivity contribution < 1.29 is 5.11 Å². The molecule has 0 radical (unpaired) electrons. The summed E-state index contributed by atoms with van der Waals surface area (Å²) in [7, 11) is 0. The number of likely N-dealkylation sites (tertiary alicyclic amines) is 1. The van der Waals surface area contributed by atoms with Gasteiger partial charge in [0.25, 0.3) is 0 Å². The molecule has 0 bridgehead atoms. The van der Waals surface area contributed by atoms with Gasteiger partial charge in [-0.15, -0.1) is 0 Å². The van der Waals surface area contributed by atoms with Gasteiger partial charge in [0, 0.05) is 25.2 Å². The van der Waals surface area contributed by atoms with Crippen LogP contribution in [0, 0.1) is 6.92 Å². The summed E-state index contributed by atoms with van der Waals surface area (Å²) in [6, 6.07) is 8.64. The zero-order chi connectivity index (χ0) is 13.3. The van der Waals surface area contributed by atoms with Crippen molar-refractivity contribution in [3.05, 3.63) is 35.4 Å². The lowest BCUT2D eigenvalue weighted by atomic mass is 9.95. The van der Waals surface area contributed by atoms with Crippen molar-refractivity contribution in [1.82, 2.24) is 4.90 Å². The monoisotopic (exact) mass is 248 g/mol. The summed E-state index contributed by atoms with van der Waals surface area (Å²) in [5, 5.41) is 10.1. The Kier molecular flexibility index (Phi) is 3.76. The summed E-state index contributed by atoms with van der Waals surface area (Å²) >= 11 is 0. The van der Waals surface area contributed by atoms with Gasteiger partial charge in [-0.05, 0) is 38.3 Å². The second kappa shape index (κ2) is 5.00. The van der Waals surface area contributed by atoms with E-state index in [-0.39, 0.29) is 12.1 Å². The Labute approximate surface area is 110 Å². The van der Waals surface area contributed by atoms with E-state index < -0.39 is 5.60 Å². The zero-order valence-electron chi connectivity index (χ0n) is 11.6. The van der Waals surface area contributed by atoms with Crippen molar-refractivity contribution >= 4 is 0 Å². The minimum Gasteiger partial charge on any atom is -0.389 e. The normalized spacial score (nSPS) is 28.3. The average molecular weight is 248 g/mol. The van der Waals surface area contributed by atoms with Crippen LogP contribution in [0.15, 0.2) is 24.3 Å². The summed E-state index contributed by atoms with van der Waals surface area (Å²) < 4.78 is 0. The second-order valence-electron chi connectivity index (χ2n) is 5.88. The van der Waals surface area contributed by atoms with Gasteiger partial charge in [0.2, 0.25) is 0 Å². The summed E-state index contributed by atoms with van der Waals surface area (Å²) in [5.41, 5.74) is 8.16. The van der Waals surface area contributed by atoms with Crippen LogP contribution in [0.1, 0.15) is 37.4 Å². The number of nitrogens with two attached hydrogens (primary N) is 1. The Hall–Kier alpha value is -0.900. The Bertz CT molecular complexity index is 415. The molecule has 1 heterocycles. The summed E-state index contributed by atoms with van der Waals surface area (Å²) in [4.78, 5) is 2.31. The number of hydrogen-bond donors (Lipinski definition) is 2. The number of rotatable bonds is 3. The number of aryl methyl sites for hydroxylation is 1. The molecule has 3 nitrogen and oxygen atoms in total. The molecule has 0 aromatic heterocycles. The summed E-state index contributed by atoms with van der Waals surface area (Å²) in [5.74, 6) is 0. The first-order valence-electron chi connectivity index (χ1n) is 6.68. The fourth-order valence-corrected chi connectivity index (χ4v) is 2.95. The smallest absolute Gasteiger partial charge is 0.0758 e. The molecule has 2 rings (SSSR count). The third kappa shape index (κ3) is 2.74. The van der Waals surface area contributed by atoms with Gasteiger partial charge in [0.1, 0.15) is 0 Å². The second-order valence-corrected chi connectivity index (χ2v) is 5.88. The van der Waals surface area contributed by atoms with Crippen molar-refractivity contribution in [2.24, 2.45) is 5.73 Å². The molecule has 3 unspecified atom stereocenters. The van der Waals surface area contributed by atoms with E-state index in [0.29, 0.717) is 6.54 Å². The standard InChI is InChI=1S/C15H24N2O/c1-11-6-4-5-7-13(11)14(12(2)16)17-9-8-15(3,18)10-17/h4-7,12,14,18H,8-10,16H2,1-3H3. The molecular formula is C15H24N2O. The fourth-order valence-electron chi connectivity index (χ4n) is 2.95. The van der Waals surface area contributed by atoms with Gasteiger partial charge >= 0.3 is 0 Å². The van der Waals surface area contributed by atoms with Crippen LogP contribution < -0.4 is 5.73 Å². The van der Waals surface area contributed by atoms with Crippen LogP contribution in [0.25, 0.3) is 0 Å². The molecule has 100 valence electrons. The number of benzene rings is 1. The van der Waals surface area contributed by atoms with Gasteiger partial charge in [-0.2, -0.15) is 0 Å². The van der Waals surface area contributed by atoms with Crippen molar-refractivity contribution in [3.8, 4) is 0 Å². The predicted octanol–water partition coefficient (Wildman–Crippen LogP) is 1.84. The van der Waals surface area contributed by atoms with Crippen molar-refractivity contribution in [3.63, 3.8) is 0 Å². The zero-order valence-corrected chi connectivity index (χ0v) is 11.6. The molecule has 0 aliphatic carbocycles. The number of nitrogens with zero attached hydrogens (tertiary/aromatic N) is 1. The van der Waals surface area contributed by atoms with Crippen LogP contribution in [0.2, 0.25) is 0 Å². The highest BCUT2D eigenvalue weighted by molar-refractivity contribution is 5.30. The maximum absolute atomic E-state index is 10.1. The van der Waals surface area contributed by atoms with Gasteiger partial charge < -0.3 is 10.8 Å². The minimum absolute atomic E-state index is 0.0556. The molecule has 1 aliphatic heterocycles. The highest BCUT2D eigenvalue weighted by Crippen LogP contribution is 2.32. The first-order valence-corrected chi connectivity index (χ1v) is 6.68. The number of hydrogen-bond acceptors (Lipinski definition) is 3. The molecule has 3 heteroatoms. The van der Waals surface area contributed by atoms with E-state index >= 15 is 0 Å². The predicted molar refractivity (Wildman–Crippen MR) is 74.4 cm³/mol. The lowest BCUT2D eigenvalue weighted by molar-refractivity contribution is 0.0600. The van der Waals surface area contributed by atoms with Crippen LogP contribution in [0.5, 0.6) is 0 Å². The van der Waals surface area contributed by atoms with Crippen LogP contribution >= 0.6 is 0 Å². The maximum atomic E-state index is 10.1. The van der Waals surface area contributed by atoms with E-state index in [4.69, 9.17) is 5.73 Å². The molecule has 0 spiro atoms. The molecule has 0 saturated carbocycles. The first-order chi connectivity index (χ1) is 8.41. The highest BCUT2D eigenvalue weighted by atomic mass is 16.3. The maximum Gasteiger partial charge on any atom is 0.0758 e. The molecule has 1 aromatic rings. The van der Waals surface area contributed by atoms with E-state index in [2.05, 4.69) is 36.1 Å². The molecule has 18 heavy (non-hydrogen) atoms. The largest absolute Gasteiger partial charge is 0.389 e.